The highest BCUT2D eigenvalue weighted by Gasteiger charge is 2.37. The van der Waals surface area contributed by atoms with Crippen molar-refractivity contribution in [3.05, 3.63) is 29.6 Å². The van der Waals surface area contributed by atoms with Crippen molar-refractivity contribution in [2.45, 2.75) is 51.6 Å². The summed E-state index contributed by atoms with van der Waals surface area (Å²) in [5.41, 5.74) is 1.93. The third kappa shape index (κ3) is 6.14. The summed E-state index contributed by atoms with van der Waals surface area (Å²) in [6, 6.07) is 4.14. The highest BCUT2D eigenvalue weighted by Crippen LogP contribution is 2.36. The number of hydrogen-bond acceptors (Lipinski definition) is 6. The number of rotatable bonds is 8. The quantitative estimate of drug-likeness (QED) is 0.511. The molecule has 0 bridgehead atoms. The third-order valence-corrected chi connectivity index (χ3v) is 6.31. The number of β-amino-alcohol motifs (C(OH)–C–C–N with tert-alkyl or cyclic N) is 1. The summed E-state index contributed by atoms with van der Waals surface area (Å²) in [5, 5.41) is 18.4. The number of halogens is 1. The largest absolute Gasteiger partial charge is 0.392 e. The van der Waals surface area contributed by atoms with Crippen LogP contribution in [0.25, 0.3) is 0 Å². The van der Waals surface area contributed by atoms with Gasteiger partial charge in [0, 0.05) is 23.9 Å². The number of nitrogens with one attached hydrogen (secondary N) is 1. The van der Waals surface area contributed by atoms with Crippen molar-refractivity contribution in [1.29, 1.82) is 0 Å². The smallest absolute Gasteiger partial charge is 0.152 e. The first-order valence-corrected chi connectivity index (χ1v) is 10.8. The van der Waals surface area contributed by atoms with Gasteiger partial charge in [-0.15, -0.1) is 0 Å². The summed E-state index contributed by atoms with van der Waals surface area (Å²) >= 11 is 6.66. The second-order valence-electron chi connectivity index (χ2n) is 8.21. The molecule has 7 heteroatoms. The fourth-order valence-electron chi connectivity index (χ4n) is 4.12. The number of aliphatic hydroxyl groups excluding tert-OH is 1. The molecule has 0 saturated carbocycles. The van der Waals surface area contributed by atoms with Crippen LogP contribution in [0, 0.1) is 12.3 Å². The van der Waals surface area contributed by atoms with Crippen molar-refractivity contribution in [3.63, 3.8) is 0 Å². The maximum absolute atomic E-state index is 10.3. The Hall–Kier alpha value is -1.21. The lowest BCUT2D eigenvalue weighted by Crippen LogP contribution is -2.42. The van der Waals surface area contributed by atoms with E-state index in [2.05, 4.69) is 26.4 Å². The van der Waals surface area contributed by atoms with Crippen LogP contribution in [0.4, 0.5) is 0 Å². The van der Waals surface area contributed by atoms with Gasteiger partial charge in [0.25, 0.3) is 0 Å². The van der Waals surface area contributed by atoms with E-state index in [0.717, 1.165) is 56.7 Å². The van der Waals surface area contributed by atoms with Crippen LogP contribution in [0.3, 0.4) is 0 Å². The fraction of sp³-hybridized carbons (Fsp3) is 0.714. The average Bonchev–Trinajstić information content (AvgIpc) is 2.71. The minimum absolute atomic E-state index is 0.174. The molecule has 0 spiro atoms. The van der Waals surface area contributed by atoms with Gasteiger partial charge in [0.2, 0.25) is 0 Å². The Bertz CT molecular complexity index is 626. The summed E-state index contributed by atoms with van der Waals surface area (Å²) in [7, 11) is 0. The number of aromatic nitrogens is 1. The highest BCUT2D eigenvalue weighted by atomic mass is 35.5. The lowest BCUT2D eigenvalue weighted by Gasteiger charge is -2.36. The van der Waals surface area contributed by atoms with E-state index < -0.39 is 6.10 Å². The normalized spacial score (nSPS) is 22.0. The molecular weight excluding hydrogens is 376 g/mol. The van der Waals surface area contributed by atoms with E-state index in [-0.39, 0.29) is 12.0 Å². The van der Waals surface area contributed by atoms with E-state index in [1.165, 1.54) is 19.3 Å². The lowest BCUT2D eigenvalue weighted by molar-refractivity contribution is 0.0149. The van der Waals surface area contributed by atoms with Crippen molar-refractivity contribution < 1.29 is 9.94 Å². The van der Waals surface area contributed by atoms with Crippen LogP contribution in [-0.4, -0.2) is 65.6 Å². The monoisotopic (exact) mass is 408 g/mol. The molecule has 2 saturated heterocycles. The molecule has 2 aliphatic heterocycles. The predicted molar refractivity (Wildman–Crippen MR) is 113 cm³/mol. The van der Waals surface area contributed by atoms with E-state index in [1.807, 2.05) is 19.2 Å². The minimum Gasteiger partial charge on any atom is -0.392 e. The third-order valence-electron chi connectivity index (χ3n) is 5.84. The zero-order valence-corrected chi connectivity index (χ0v) is 17.6. The maximum Gasteiger partial charge on any atom is 0.152 e. The van der Waals surface area contributed by atoms with E-state index in [4.69, 9.17) is 16.4 Å². The van der Waals surface area contributed by atoms with Gasteiger partial charge in [0.1, 0.15) is 12.7 Å². The summed E-state index contributed by atoms with van der Waals surface area (Å²) in [5.74, 6) is 0. The summed E-state index contributed by atoms with van der Waals surface area (Å²) in [4.78, 5) is 12.2. The van der Waals surface area contributed by atoms with Gasteiger partial charge in [-0.1, -0.05) is 29.2 Å². The Labute approximate surface area is 173 Å². The Morgan fingerprint density at radius 1 is 1.32 bits per heavy atom. The molecule has 1 aromatic rings. The number of likely N-dealkylation sites (tertiary alicyclic amines) is 1. The van der Waals surface area contributed by atoms with Gasteiger partial charge in [-0.3, -0.25) is 4.98 Å². The molecule has 2 aliphatic rings. The number of oxime groups is 1. The maximum atomic E-state index is 10.3. The first kappa shape index (κ1) is 21.5. The molecule has 0 aromatic carbocycles. The Morgan fingerprint density at radius 3 is 2.75 bits per heavy atom. The number of hydrogen-bond donors (Lipinski definition) is 2. The molecule has 3 rings (SSSR count). The van der Waals surface area contributed by atoms with Crippen molar-refractivity contribution >= 4 is 16.8 Å². The molecule has 3 heterocycles. The second kappa shape index (κ2) is 10.5. The molecule has 1 aromatic heterocycles. The molecule has 1 atom stereocenters. The zero-order chi connectivity index (χ0) is 19.8. The van der Waals surface area contributed by atoms with Gasteiger partial charge in [-0.05, 0) is 76.8 Å². The van der Waals surface area contributed by atoms with Crippen LogP contribution < -0.4 is 5.32 Å². The molecule has 156 valence electrons. The second-order valence-corrected chi connectivity index (χ2v) is 8.57. The van der Waals surface area contributed by atoms with Crippen LogP contribution in [0.15, 0.2) is 23.5 Å². The first-order chi connectivity index (χ1) is 13.6. The van der Waals surface area contributed by atoms with E-state index in [0.29, 0.717) is 11.7 Å². The Balaban J connectivity index is 1.57. The standard InChI is InChI=1S/C21H33ClN4O2/c1-17-5-6-18(14-24-17)13-21(7-9-23-10-8-21)20(22)25-28-16-19(27)15-26-11-3-2-4-12-26/h5-6,14,19,23,27H,2-4,7-13,15-16H2,1H3. The van der Waals surface area contributed by atoms with Gasteiger partial charge in [0.15, 0.2) is 5.17 Å². The molecular formula is C21H33ClN4O2. The minimum atomic E-state index is -0.545. The van der Waals surface area contributed by atoms with Crippen LogP contribution in [-0.2, 0) is 11.3 Å². The highest BCUT2D eigenvalue weighted by molar-refractivity contribution is 6.66. The van der Waals surface area contributed by atoms with Crippen molar-refractivity contribution in [2.75, 3.05) is 39.3 Å². The molecule has 2 N–H and O–H groups in total. The number of nitrogens with zero attached hydrogens (tertiary/aromatic N) is 3. The summed E-state index contributed by atoms with van der Waals surface area (Å²) in [6.07, 6.45) is 7.69. The number of pyridine rings is 1. The lowest BCUT2D eigenvalue weighted by atomic mass is 9.75. The van der Waals surface area contributed by atoms with Gasteiger partial charge in [-0.2, -0.15) is 0 Å². The average molecular weight is 409 g/mol. The molecule has 1 unspecified atom stereocenters. The van der Waals surface area contributed by atoms with E-state index in [9.17, 15) is 5.11 Å². The van der Waals surface area contributed by atoms with Crippen molar-refractivity contribution in [1.82, 2.24) is 15.2 Å². The number of aliphatic hydroxyl groups is 1. The molecule has 0 amide bonds. The summed E-state index contributed by atoms with van der Waals surface area (Å²) in [6.45, 7) is 6.72. The number of aryl methyl sites for hydroxylation is 1. The molecule has 0 aliphatic carbocycles. The van der Waals surface area contributed by atoms with Crippen molar-refractivity contribution in [2.24, 2.45) is 10.6 Å². The first-order valence-electron chi connectivity index (χ1n) is 10.5. The van der Waals surface area contributed by atoms with Crippen LogP contribution >= 0.6 is 11.6 Å². The van der Waals surface area contributed by atoms with Gasteiger partial charge >= 0.3 is 0 Å². The van der Waals surface area contributed by atoms with E-state index >= 15 is 0 Å². The van der Waals surface area contributed by atoms with Crippen LogP contribution in [0.1, 0.15) is 43.4 Å². The fourth-order valence-corrected chi connectivity index (χ4v) is 4.43. The van der Waals surface area contributed by atoms with E-state index in [1.54, 1.807) is 0 Å². The van der Waals surface area contributed by atoms with Gasteiger partial charge in [0.05, 0.1) is 0 Å². The Kier molecular flexibility index (Phi) is 8.09. The topological polar surface area (TPSA) is 70.0 Å². The summed E-state index contributed by atoms with van der Waals surface area (Å²) < 4.78 is 0. The van der Waals surface area contributed by atoms with Gasteiger partial charge < -0.3 is 20.2 Å². The van der Waals surface area contributed by atoms with Crippen LogP contribution in [0.5, 0.6) is 0 Å². The molecule has 28 heavy (non-hydrogen) atoms. The van der Waals surface area contributed by atoms with Crippen molar-refractivity contribution in [3.8, 4) is 0 Å². The zero-order valence-electron chi connectivity index (χ0n) is 16.9. The SMILES string of the molecule is Cc1ccc(CC2(C(Cl)=NOCC(O)CN3CCCCC3)CCNCC2)cn1. The molecule has 6 nitrogen and oxygen atoms in total. The van der Waals surface area contributed by atoms with Crippen LogP contribution in [0.2, 0.25) is 0 Å². The molecule has 0 radical (unpaired) electrons. The Morgan fingerprint density at radius 2 is 2.07 bits per heavy atom. The predicted octanol–water partition coefficient (Wildman–Crippen LogP) is 2.72. The molecule has 2 fully saturated rings. The van der Waals surface area contributed by atoms with Gasteiger partial charge in [-0.25, -0.2) is 0 Å². The number of piperidine rings is 2.